The normalized spacial score (nSPS) is 11.4. The molecule has 6 heteroatoms. The summed E-state index contributed by atoms with van der Waals surface area (Å²) in [5.41, 5.74) is 2.46. The molecule has 1 heterocycles. The maximum Gasteiger partial charge on any atom is 0.166 e. The third-order valence-corrected chi connectivity index (χ3v) is 3.46. The Morgan fingerprint density at radius 3 is 2.47 bits per heavy atom. The van der Waals surface area contributed by atoms with Gasteiger partial charge in [-0.3, -0.25) is 4.79 Å². The molecular formula is C13H12NO4S-. The number of aryl methyl sites for hydroxylation is 1. The van der Waals surface area contributed by atoms with Gasteiger partial charge in [0.05, 0.1) is 15.8 Å². The summed E-state index contributed by atoms with van der Waals surface area (Å²) in [5.74, 6) is -0.514. The average molecular weight is 278 g/mol. The van der Waals surface area contributed by atoms with Gasteiger partial charge in [-0.1, -0.05) is 30.3 Å². The van der Waals surface area contributed by atoms with Crippen LogP contribution in [-0.4, -0.2) is 30.0 Å². The van der Waals surface area contributed by atoms with Crippen LogP contribution in [0.4, 0.5) is 0 Å². The Morgan fingerprint density at radius 1 is 1.21 bits per heavy atom. The largest absolute Gasteiger partial charge is 0.748 e. The number of aldehydes is 1. The third kappa shape index (κ3) is 3.52. The van der Waals surface area contributed by atoms with Crippen molar-refractivity contribution in [3.8, 4) is 11.3 Å². The summed E-state index contributed by atoms with van der Waals surface area (Å²) in [6.45, 7) is 0. The first-order valence-corrected chi connectivity index (χ1v) is 7.23. The summed E-state index contributed by atoms with van der Waals surface area (Å²) in [6.07, 6.45) is 0.655. The summed E-state index contributed by atoms with van der Waals surface area (Å²) in [7, 11) is -4.28. The lowest BCUT2D eigenvalue weighted by molar-refractivity contribution is 0.111. The molecule has 19 heavy (non-hydrogen) atoms. The summed E-state index contributed by atoms with van der Waals surface area (Å²) < 4.78 is 31.9. The smallest absolute Gasteiger partial charge is 0.166 e. The fourth-order valence-electron chi connectivity index (χ4n) is 1.83. The van der Waals surface area contributed by atoms with Gasteiger partial charge in [0.1, 0.15) is 0 Å². The second kappa shape index (κ2) is 5.38. The van der Waals surface area contributed by atoms with E-state index in [1.165, 1.54) is 0 Å². The number of hydrogen-bond acceptors (Lipinski definition) is 4. The number of carbonyl (C=O) groups excluding carboxylic acids is 1. The predicted molar refractivity (Wildman–Crippen MR) is 69.9 cm³/mol. The van der Waals surface area contributed by atoms with Gasteiger partial charge in [-0.2, -0.15) is 0 Å². The number of aromatic nitrogens is 1. The van der Waals surface area contributed by atoms with Crippen LogP contribution in [0.25, 0.3) is 11.3 Å². The number of H-pyrrole nitrogens is 1. The Balaban J connectivity index is 2.30. The third-order valence-electron chi connectivity index (χ3n) is 2.76. The zero-order valence-electron chi connectivity index (χ0n) is 10.00. The Morgan fingerprint density at radius 2 is 1.89 bits per heavy atom. The minimum Gasteiger partial charge on any atom is -0.748 e. The molecule has 0 atom stereocenters. The van der Waals surface area contributed by atoms with Gasteiger partial charge in [-0.05, 0) is 23.6 Å². The Hall–Kier alpha value is -1.92. The van der Waals surface area contributed by atoms with E-state index in [2.05, 4.69) is 4.98 Å². The number of rotatable bonds is 5. The molecule has 5 nitrogen and oxygen atoms in total. The average Bonchev–Trinajstić information content (AvgIpc) is 2.80. The molecule has 0 unspecified atom stereocenters. The van der Waals surface area contributed by atoms with Gasteiger partial charge in [-0.15, -0.1) is 0 Å². The van der Waals surface area contributed by atoms with E-state index < -0.39 is 15.9 Å². The molecule has 2 rings (SSSR count). The van der Waals surface area contributed by atoms with Crippen LogP contribution in [-0.2, 0) is 16.5 Å². The van der Waals surface area contributed by atoms with Crippen LogP contribution < -0.4 is 0 Å². The second-order valence-electron chi connectivity index (χ2n) is 4.12. The fourth-order valence-corrected chi connectivity index (χ4v) is 2.30. The highest BCUT2D eigenvalue weighted by atomic mass is 32.2. The van der Waals surface area contributed by atoms with E-state index in [0.29, 0.717) is 17.5 Å². The summed E-state index contributed by atoms with van der Waals surface area (Å²) >= 11 is 0. The van der Waals surface area contributed by atoms with Gasteiger partial charge in [-0.25, -0.2) is 8.42 Å². The Bertz CT molecular complexity index is 674. The van der Waals surface area contributed by atoms with Crippen molar-refractivity contribution in [1.82, 2.24) is 4.98 Å². The van der Waals surface area contributed by atoms with Crippen LogP contribution in [0.2, 0.25) is 0 Å². The Labute approximate surface area is 111 Å². The van der Waals surface area contributed by atoms with Crippen molar-refractivity contribution in [1.29, 1.82) is 0 Å². The molecule has 0 aliphatic carbocycles. The van der Waals surface area contributed by atoms with Crippen molar-refractivity contribution in [2.24, 2.45) is 0 Å². The molecule has 0 aliphatic heterocycles. The first-order valence-electron chi connectivity index (χ1n) is 5.65. The molecule has 1 aromatic heterocycles. The van der Waals surface area contributed by atoms with Gasteiger partial charge in [0.15, 0.2) is 6.29 Å². The first-order chi connectivity index (χ1) is 8.99. The van der Waals surface area contributed by atoms with E-state index in [9.17, 15) is 17.8 Å². The molecule has 1 N–H and O–H groups in total. The van der Waals surface area contributed by atoms with Gasteiger partial charge in [0.2, 0.25) is 0 Å². The van der Waals surface area contributed by atoms with Crippen LogP contribution in [0, 0.1) is 0 Å². The monoisotopic (exact) mass is 278 g/mol. The van der Waals surface area contributed by atoms with Crippen molar-refractivity contribution in [3.63, 3.8) is 0 Å². The molecular weight excluding hydrogens is 266 g/mol. The minimum absolute atomic E-state index is 0.0310. The molecule has 2 aromatic rings. The number of carbonyl (C=O) groups is 1. The van der Waals surface area contributed by atoms with Gasteiger partial charge in [0.25, 0.3) is 0 Å². The lowest BCUT2D eigenvalue weighted by atomic mass is 10.1. The molecule has 1 aromatic carbocycles. The highest BCUT2D eigenvalue weighted by Gasteiger charge is 2.10. The van der Waals surface area contributed by atoms with Crippen molar-refractivity contribution in [3.05, 3.63) is 47.7 Å². The van der Waals surface area contributed by atoms with Crippen molar-refractivity contribution >= 4 is 16.4 Å². The summed E-state index contributed by atoms with van der Waals surface area (Å²) in [5, 5.41) is 0. The number of benzene rings is 1. The lowest BCUT2D eigenvalue weighted by Crippen LogP contribution is -2.07. The Kier molecular flexibility index (Phi) is 3.82. The molecule has 0 bridgehead atoms. The molecule has 0 radical (unpaired) electrons. The second-order valence-corrected chi connectivity index (χ2v) is 5.64. The van der Waals surface area contributed by atoms with Crippen LogP contribution in [0.1, 0.15) is 16.1 Å². The van der Waals surface area contributed by atoms with E-state index in [1.54, 1.807) is 6.07 Å². The van der Waals surface area contributed by atoms with Crippen LogP contribution in [0.3, 0.4) is 0 Å². The van der Waals surface area contributed by atoms with Gasteiger partial charge >= 0.3 is 0 Å². The van der Waals surface area contributed by atoms with Crippen molar-refractivity contribution in [2.75, 3.05) is 5.75 Å². The maximum absolute atomic E-state index is 10.9. The molecule has 0 spiro atoms. The summed E-state index contributed by atoms with van der Waals surface area (Å²) in [4.78, 5) is 13.9. The minimum atomic E-state index is -4.28. The standard InChI is InChI=1S/C13H13NO4S/c15-9-13-11(6-7-19(16,17)18)8-12(14-13)10-4-2-1-3-5-10/h1-5,8-9,14H,6-7H2,(H,16,17,18)/p-1. The zero-order valence-corrected chi connectivity index (χ0v) is 10.8. The zero-order chi connectivity index (χ0) is 13.9. The topological polar surface area (TPSA) is 90.1 Å². The number of hydrogen-bond donors (Lipinski definition) is 1. The summed E-state index contributed by atoms with van der Waals surface area (Å²) in [6, 6.07) is 11.0. The number of aromatic amines is 1. The lowest BCUT2D eigenvalue weighted by Gasteiger charge is -2.05. The number of nitrogens with one attached hydrogen (secondary N) is 1. The molecule has 0 saturated heterocycles. The van der Waals surface area contributed by atoms with E-state index >= 15 is 0 Å². The first kappa shape index (κ1) is 13.5. The predicted octanol–water partition coefficient (Wildman–Crippen LogP) is 1.58. The van der Waals surface area contributed by atoms with E-state index in [1.807, 2.05) is 30.3 Å². The van der Waals surface area contributed by atoms with Crippen molar-refractivity contribution in [2.45, 2.75) is 6.42 Å². The molecule has 0 amide bonds. The van der Waals surface area contributed by atoms with E-state index in [-0.39, 0.29) is 6.42 Å². The quantitative estimate of drug-likeness (QED) is 0.664. The molecule has 0 saturated carbocycles. The molecule has 100 valence electrons. The molecule has 0 fully saturated rings. The fraction of sp³-hybridized carbons (Fsp3) is 0.154. The maximum atomic E-state index is 10.9. The van der Waals surface area contributed by atoms with Crippen molar-refractivity contribution < 1.29 is 17.8 Å². The highest BCUT2D eigenvalue weighted by molar-refractivity contribution is 7.85. The SMILES string of the molecule is O=Cc1[nH]c(-c2ccccc2)cc1CCS(=O)(=O)[O-]. The van der Waals surface area contributed by atoms with E-state index in [0.717, 1.165) is 11.3 Å². The highest BCUT2D eigenvalue weighted by Crippen LogP contribution is 2.21. The van der Waals surface area contributed by atoms with Crippen LogP contribution in [0.5, 0.6) is 0 Å². The van der Waals surface area contributed by atoms with E-state index in [4.69, 9.17) is 0 Å². The van der Waals surface area contributed by atoms with Gasteiger partial charge in [0, 0.05) is 11.4 Å². The van der Waals surface area contributed by atoms with Crippen LogP contribution >= 0.6 is 0 Å². The van der Waals surface area contributed by atoms with Gasteiger partial charge < -0.3 is 9.54 Å². The van der Waals surface area contributed by atoms with Crippen LogP contribution in [0.15, 0.2) is 36.4 Å². The molecule has 0 aliphatic rings.